The quantitative estimate of drug-likeness (QED) is 0.577. The fourth-order valence-electron chi connectivity index (χ4n) is 1.97. The minimum Gasteiger partial charge on any atom is -0.497 e. The second kappa shape index (κ2) is 6.78. The highest BCUT2D eigenvalue weighted by molar-refractivity contribution is 5.50. The highest BCUT2D eigenvalue weighted by atomic mass is 16.5. The summed E-state index contributed by atoms with van der Waals surface area (Å²) in [7, 11) is 3.75. The zero-order valence-electron chi connectivity index (χ0n) is 11.9. The summed E-state index contributed by atoms with van der Waals surface area (Å²) in [4.78, 5) is 2.22. The molecule has 0 aromatic heterocycles. The van der Waals surface area contributed by atoms with Crippen LogP contribution in [0.2, 0.25) is 0 Å². The summed E-state index contributed by atoms with van der Waals surface area (Å²) in [5, 5.41) is 0. The Morgan fingerprint density at radius 3 is 2.84 bits per heavy atom. The fraction of sp³-hybridized carbons (Fsp3) is 0.600. The van der Waals surface area contributed by atoms with E-state index in [2.05, 4.69) is 11.9 Å². The molecule has 0 unspecified atom stereocenters. The molecule has 0 amide bonds. The Bertz CT molecular complexity index is 405. The predicted molar refractivity (Wildman–Crippen MR) is 77.3 cm³/mol. The van der Waals surface area contributed by atoms with Crippen LogP contribution in [0.3, 0.4) is 0 Å². The monoisotopic (exact) mass is 264 g/mol. The molecule has 2 rings (SSSR count). The van der Waals surface area contributed by atoms with Crippen LogP contribution >= 0.6 is 0 Å². The number of ether oxygens (including phenoxy) is 2. The van der Waals surface area contributed by atoms with Gasteiger partial charge in [0.15, 0.2) is 0 Å². The van der Waals surface area contributed by atoms with Gasteiger partial charge in [-0.2, -0.15) is 0 Å². The molecule has 0 saturated heterocycles. The second-order valence-electron chi connectivity index (χ2n) is 5.32. The lowest BCUT2D eigenvalue weighted by molar-refractivity contribution is 0.102. The molecule has 0 aliphatic heterocycles. The van der Waals surface area contributed by atoms with E-state index in [0.717, 1.165) is 49.2 Å². The van der Waals surface area contributed by atoms with Crippen molar-refractivity contribution in [2.45, 2.75) is 19.4 Å². The van der Waals surface area contributed by atoms with Crippen molar-refractivity contribution in [2.24, 2.45) is 5.92 Å². The fourth-order valence-corrected chi connectivity index (χ4v) is 1.97. The van der Waals surface area contributed by atoms with Crippen molar-refractivity contribution < 1.29 is 9.47 Å². The molecule has 0 bridgehead atoms. The summed E-state index contributed by atoms with van der Waals surface area (Å²) in [6.45, 7) is 3.45. The van der Waals surface area contributed by atoms with Crippen LogP contribution in [-0.2, 0) is 11.3 Å². The van der Waals surface area contributed by atoms with Gasteiger partial charge in [0.25, 0.3) is 0 Å². The zero-order chi connectivity index (χ0) is 13.7. The van der Waals surface area contributed by atoms with Crippen LogP contribution < -0.4 is 10.5 Å². The van der Waals surface area contributed by atoms with Gasteiger partial charge in [0.2, 0.25) is 0 Å². The first-order valence-electron chi connectivity index (χ1n) is 6.87. The Balaban J connectivity index is 1.74. The molecule has 0 heterocycles. The summed E-state index contributed by atoms with van der Waals surface area (Å²) < 4.78 is 10.9. The van der Waals surface area contributed by atoms with E-state index in [1.807, 2.05) is 18.2 Å². The normalized spacial score (nSPS) is 14.9. The number of benzene rings is 1. The van der Waals surface area contributed by atoms with Crippen molar-refractivity contribution in [3.05, 3.63) is 23.8 Å². The van der Waals surface area contributed by atoms with E-state index in [-0.39, 0.29) is 0 Å². The second-order valence-corrected chi connectivity index (χ2v) is 5.32. The maximum atomic E-state index is 5.98. The highest BCUT2D eigenvalue weighted by Gasteiger charge is 2.20. The Kier molecular flexibility index (Phi) is 5.05. The summed E-state index contributed by atoms with van der Waals surface area (Å²) >= 11 is 0. The molecule has 1 fully saturated rings. The molecule has 4 nitrogen and oxygen atoms in total. The number of anilines is 1. The summed E-state index contributed by atoms with van der Waals surface area (Å²) in [6.07, 6.45) is 2.69. The van der Waals surface area contributed by atoms with Gasteiger partial charge in [0, 0.05) is 25.4 Å². The van der Waals surface area contributed by atoms with Gasteiger partial charge in [-0.25, -0.2) is 0 Å². The van der Waals surface area contributed by atoms with Crippen LogP contribution in [-0.4, -0.2) is 38.8 Å². The third kappa shape index (κ3) is 4.73. The average Bonchev–Trinajstić information content (AvgIpc) is 3.21. The predicted octanol–water partition coefficient (Wildman–Crippen LogP) is 2.14. The number of rotatable bonds is 8. The molecule has 19 heavy (non-hydrogen) atoms. The van der Waals surface area contributed by atoms with E-state index in [1.54, 1.807) is 7.11 Å². The first-order valence-corrected chi connectivity index (χ1v) is 6.87. The molecule has 106 valence electrons. The summed E-state index contributed by atoms with van der Waals surface area (Å²) in [6, 6.07) is 5.78. The minimum absolute atomic E-state index is 0.789. The molecule has 1 aromatic carbocycles. The maximum Gasteiger partial charge on any atom is 0.119 e. The molecule has 4 heteroatoms. The molecular formula is C15H24N2O2. The molecule has 0 atom stereocenters. The Morgan fingerprint density at radius 2 is 2.16 bits per heavy atom. The third-order valence-electron chi connectivity index (χ3n) is 3.46. The average molecular weight is 264 g/mol. The Morgan fingerprint density at radius 1 is 1.37 bits per heavy atom. The van der Waals surface area contributed by atoms with Crippen LogP contribution in [0.5, 0.6) is 5.75 Å². The van der Waals surface area contributed by atoms with Crippen LogP contribution in [0, 0.1) is 5.92 Å². The third-order valence-corrected chi connectivity index (χ3v) is 3.46. The van der Waals surface area contributed by atoms with Crippen LogP contribution in [0.15, 0.2) is 18.2 Å². The molecule has 1 aromatic rings. The van der Waals surface area contributed by atoms with E-state index in [1.165, 1.54) is 12.8 Å². The van der Waals surface area contributed by atoms with Crippen molar-refractivity contribution >= 4 is 5.69 Å². The molecule has 1 aliphatic carbocycles. The van der Waals surface area contributed by atoms with Crippen molar-refractivity contribution in [3.8, 4) is 5.75 Å². The topological polar surface area (TPSA) is 47.7 Å². The van der Waals surface area contributed by atoms with Crippen molar-refractivity contribution in [3.63, 3.8) is 0 Å². The van der Waals surface area contributed by atoms with Crippen LogP contribution in [0.25, 0.3) is 0 Å². The van der Waals surface area contributed by atoms with Crippen LogP contribution in [0.4, 0.5) is 5.69 Å². The van der Waals surface area contributed by atoms with E-state index < -0.39 is 0 Å². The number of hydrogen-bond acceptors (Lipinski definition) is 4. The summed E-state index contributed by atoms with van der Waals surface area (Å²) in [5.74, 6) is 1.68. The van der Waals surface area contributed by atoms with E-state index >= 15 is 0 Å². The first kappa shape index (κ1) is 14.2. The number of hydrogen-bond donors (Lipinski definition) is 1. The van der Waals surface area contributed by atoms with E-state index in [4.69, 9.17) is 15.2 Å². The van der Waals surface area contributed by atoms with Gasteiger partial charge >= 0.3 is 0 Å². The lowest BCUT2D eigenvalue weighted by Crippen LogP contribution is -2.23. The molecule has 1 saturated carbocycles. The van der Waals surface area contributed by atoms with Gasteiger partial charge in [-0.3, -0.25) is 4.90 Å². The van der Waals surface area contributed by atoms with Gasteiger partial charge < -0.3 is 15.2 Å². The highest BCUT2D eigenvalue weighted by Crippen LogP contribution is 2.28. The van der Waals surface area contributed by atoms with E-state index in [9.17, 15) is 0 Å². The zero-order valence-corrected chi connectivity index (χ0v) is 11.9. The van der Waals surface area contributed by atoms with Gasteiger partial charge in [-0.1, -0.05) is 0 Å². The van der Waals surface area contributed by atoms with Gasteiger partial charge in [0.1, 0.15) is 5.75 Å². The van der Waals surface area contributed by atoms with Gasteiger partial charge in [-0.05, 0) is 49.6 Å². The van der Waals surface area contributed by atoms with Crippen molar-refractivity contribution in [1.82, 2.24) is 4.90 Å². The van der Waals surface area contributed by atoms with Crippen molar-refractivity contribution in [2.75, 3.05) is 39.6 Å². The van der Waals surface area contributed by atoms with Crippen molar-refractivity contribution in [1.29, 1.82) is 0 Å². The molecule has 0 spiro atoms. The number of nitrogen functional groups attached to an aromatic ring is 1. The lowest BCUT2D eigenvalue weighted by atomic mass is 10.1. The minimum atomic E-state index is 0.789. The molecule has 2 N–H and O–H groups in total. The number of methoxy groups -OCH3 is 1. The lowest BCUT2D eigenvalue weighted by Gasteiger charge is -2.18. The van der Waals surface area contributed by atoms with Gasteiger partial charge in [-0.15, -0.1) is 0 Å². The first-order chi connectivity index (χ1) is 9.19. The van der Waals surface area contributed by atoms with Gasteiger partial charge in [0.05, 0.1) is 13.7 Å². The summed E-state index contributed by atoms with van der Waals surface area (Å²) in [5.41, 5.74) is 7.89. The molecule has 0 radical (unpaired) electrons. The molecule has 1 aliphatic rings. The Hall–Kier alpha value is -1.26. The van der Waals surface area contributed by atoms with E-state index in [0.29, 0.717) is 0 Å². The smallest absolute Gasteiger partial charge is 0.119 e. The van der Waals surface area contributed by atoms with Crippen LogP contribution in [0.1, 0.15) is 18.4 Å². The standard InChI is InChI=1S/C15H24N2O2/c1-17(7-8-19-11-12-3-4-12)10-13-9-14(18-2)5-6-15(13)16/h5-6,9,12H,3-4,7-8,10-11,16H2,1-2H3. The number of nitrogens with two attached hydrogens (primary N) is 1. The SMILES string of the molecule is COc1ccc(N)c(CN(C)CCOCC2CC2)c1. The maximum absolute atomic E-state index is 5.98. The largest absolute Gasteiger partial charge is 0.497 e. The Labute approximate surface area is 115 Å². The molecular weight excluding hydrogens is 240 g/mol. The number of likely N-dealkylation sites (N-methyl/N-ethyl adjacent to an activating group) is 1. The number of nitrogens with zero attached hydrogens (tertiary/aromatic N) is 1.